The summed E-state index contributed by atoms with van der Waals surface area (Å²) in [5.74, 6) is 0. The van der Waals surface area contributed by atoms with Crippen molar-refractivity contribution in [3.63, 3.8) is 0 Å². The smallest absolute Gasteiger partial charge is 0.0868 e. The van der Waals surface area contributed by atoms with Crippen LogP contribution in [0.1, 0.15) is 37.5 Å². The van der Waals surface area contributed by atoms with Crippen molar-refractivity contribution in [2.75, 3.05) is 7.05 Å². The second kappa shape index (κ2) is 6.33. The summed E-state index contributed by atoms with van der Waals surface area (Å²) < 4.78 is 1.18. The van der Waals surface area contributed by atoms with Crippen LogP contribution in [0.2, 0.25) is 0 Å². The number of hydrogen-bond acceptors (Lipinski definition) is 2. The molecule has 3 heteroatoms. The third-order valence-corrected chi connectivity index (χ3v) is 4.52. The molecule has 0 atom stereocenters. The van der Waals surface area contributed by atoms with E-state index in [2.05, 4.69) is 63.1 Å². The van der Waals surface area contributed by atoms with Crippen LogP contribution < -0.4 is 0 Å². The highest BCUT2D eigenvalue weighted by atomic mass is 16.5. The Balaban J connectivity index is 1.72. The monoisotopic (exact) mass is 322 g/mol. The summed E-state index contributed by atoms with van der Waals surface area (Å²) >= 11 is 0. The highest BCUT2D eigenvalue weighted by Crippen LogP contribution is 2.23. The zero-order valence-electron chi connectivity index (χ0n) is 15.0. The Morgan fingerprint density at radius 3 is 2.33 bits per heavy atom. The fraction of sp³-hybridized carbons (Fsp3) is 0.333. The summed E-state index contributed by atoms with van der Waals surface area (Å²) in [6.07, 6.45) is 1.69. The Kier molecular flexibility index (Phi) is 4.37. The molecule has 0 aliphatic rings. The van der Waals surface area contributed by atoms with Gasteiger partial charge in [0.25, 0.3) is 0 Å². The van der Waals surface area contributed by atoms with Gasteiger partial charge in [-0.05, 0) is 41.3 Å². The van der Waals surface area contributed by atoms with Gasteiger partial charge in [0.05, 0.1) is 5.52 Å². The van der Waals surface area contributed by atoms with E-state index in [-0.39, 0.29) is 5.41 Å². The van der Waals surface area contributed by atoms with E-state index in [0.29, 0.717) is 0 Å². The molecule has 1 heterocycles. The number of nitrogens with zero attached hydrogens (tertiary/aromatic N) is 2. The Labute approximate surface area is 144 Å². The van der Waals surface area contributed by atoms with E-state index in [1.807, 2.05) is 18.2 Å². The first-order chi connectivity index (χ1) is 11.3. The van der Waals surface area contributed by atoms with Gasteiger partial charge in [0, 0.05) is 24.7 Å². The molecule has 0 amide bonds. The van der Waals surface area contributed by atoms with Gasteiger partial charge in [0.1, 0.15) is 0 Å². The maximum absolute atomic E-state index is 9.80. The molecule has 0 aliphatic heterocycles. The van der Waals surface area contributed by atoms with Gasteiger partial charge in [-0.3, -0.25) is 4.90 Å². The van der Waals surface area contributed by atoms with Gasteiger partial charge < -0.3 is 5.21 Å². The van der Waals surface area contributed by atoms with E-state index in [1.165, 1.54) is 21.4 Å². The van der Waals surface area contributed by atoms with Crippen LogP contribution in [0.25, 0.3) is 10.9 Å². The van der Waals surface area contributed by atoms with Crippen molar-refractivity contribution in [3.8, 4) is 0 Å². The topological polar surface area (TPSA) is 28.4 Å². The van der Waals surface area contributed by atoms with Crippen molar-refractivity contribution >= 4 is 10.9 Å². The SMILES string of the molecule is CN(Cc1ccc(C(C)(C)C)cc1)Cc1cccc2c1ccn2O. The predicted octanol–water partition coefficient (Wildman–Crippen LogP) is 4.81. The Morgan fingerprint density at radius 2 is 1.67 bits per heavy atom. The fourth-order valence-electron chi connectivity index (χ4n) is 3.12. The average molecular weight is 322 g/mol. The van der Waals surface area contributed by atoms with Crippen LogP contribution >= 0.6 is 0 Å². The van der Waals surface area contributed by atoms with E-state index >= 15 is 0 Å². The molecule has 24 heavy (non-hydrogen) atoms. The molecular formula is C21H26N2O. The molecule has 126 valence electrons. The van der Waals surface area contributed by atoms with Gasteiger partial charge in [-0.15, -0.1) is 0 Å². The van der Waals surface area contributed by atoms with Crippen molar-refractivity contribution in [1.29, 1.82) is 0 Å². The minimum Gasteiger partial charge on any atom is -0.428 e. The van der Waals surface area contributed by atoms with Crippen LogP contribution in [-0.4, -0.2) is 21.9 Å². The summed E-state index contributed by atoms with van der Waals surface area (Å²) in [5.41, 5.74) is 4.96. The molecule has 1 N–H and O–H groups in total. The normalized spacial score (nSPS) is 12.2. The van der Waals surface area contributed by atoms with Gasteiger partial charge >= 0.3 is 0 Å². The first kappa shape index (κ1) is 16.6. The lowest BCUT2D eigenvalue weighted by Crippen LogP contribution is -2.17. The molecule has 0 saturated carbocycles. The average Bonchev–Trinajstić information content (AvgIpc) is 2.90. The van der Waals surface area contributed by atoms with Crippen LogP contribution in [0, 0.1) is 0 Å². The number of rotatable bonds is 4. The summed E-state index contributed by atoms with van der Waals surface area (Å²) in [7, 11) is 2.13. The van der Waals surface area contributed by atoms with Gasteiger partial charge in [-0.2, -0.15) is 4.73 Å². The lowest BCUT2D eigenvalue weighted by molar-refractivity contribution is 0.200. The van der Waals surface area contributed by atoms with E-state index in [0.717, 1.165) is 24.0 Å². The maximum Gasteiger partial charge on any atom is 0.0868 e. The Hall–Kier alpha value is -2.26. The zero-order valence-corrected chi connectivity index (χ0v) is 15.0. The molecule has 3 rings (SSSR count). The highest BCUT2D eigenvalue weighted by Gasteiger charge is 2.13. The van der Waals surface area contributed by atoms with Crippen molar-refractivity contribution in [2.24, 2.45) is 0 Å². The second-order valence-electron chi connectivity index (χ2n) is 7.63. The number of benzene rings is 2. The van der Waals surface area contributed by atoms with Crippen LogP contribution in [0.4, 0.5) is 0 Å². The molecule has 0 unspecified atom stereocenters. The lowest BCUT2D eigenvalue weighted by Gasteiger charge is -2.21. The molecule has 0 bridgehead atoms. The molecule has 3 aromatic rings. The third kappa shape index (κ3) is 3.46. The Bertz CT molecular complexity index is 825. The molecule has 0 saturated heterocycles. The van der Waals surface area contributed by atoms with Gasteiger partial charge in [0.2, 0.25) is 0 Å². The highest BCUT2D eigenvalue weighted by molar-refractivity contribution is 5.83. The fourth-order valence-corrected chi connectivity index (χ4v) is 3.12. The number of hydrogen-bond donors (Lipinski definition) is 1. The minimum absolute atomic E-state index is 0.192. The third-order valence-electron chi connectivity index (χ3n) is 4.52. The van der Waals surface area contributed by atoms with Crippen LogP contribution in [0.3, 0.4) is 0 Å². The van der Waals surface area contributed by atoms with Gasteiger partial charge in [-0.1, -0.05) is 57.2 Å². The van der Waals surface area contributed by atoms with E-state index in [4.69, 9.17) is 0 Å². The van der Waals surface area contributed by atoms with Crippen molar-refractivity contribution in [2.45, 2.75) is 39.3 Å². The van der Waals surface area contributed by atoms with Gasteiger partial charge in [-0.25, -0.2) is 0 Å². The predicted molar refractivity (Wildman–Crippen MR) is 99.4 cm³/mol. The minimum atomic E-state index is 0.192. The second-order valence-corrected chi connectivity index (χ2v) is 7.63. The molecule has 3 nitrogen and oxygen atoms in total. The molecule has 0 fully saturated rings. The largest absolute Gasteiger partial charge is 0.428 e. The summed E-state index contributed by atoms with van der Waals surface area (Å²) in [5, 5.41) is 10.9. The molecule has 0 spiro atoms. The van der Waals surface area contributed by atoms with E-state index < -0.39 is 0 Å². The maximum atomic E-state index is 9.80. The van der Waals surface area contributed by atoms with E-state index in [1.54, 1.807) is 6.20 Å². The lowest BCUT2D eigenvalue weighted by atomic mass is 9.87. The number of aromatic nitrogens is 1. The summed E-state index contributed by atoms with van der Waals surface area (Å²) in [4.78, 5) is 2.30. The molecule has 2 aromatic carbocycles. The van der Waals surface area contributed by atoms with Gasteiger partial charge in [0.15, 0.2) is 0 Å². The molecule has 0 aliphatic carbocycles. The van der Waals surface area contributed by atoms with Crippen molar-refractivity contribution < 1.29 is 5.21 Å². The molecule has 1 aromatic heterocycles. The standard InChI is InChI=1S/C21H26N2O/c1-21(2,3)18-10-8-16(9-11-18)14-22(4)15-17-6-5-7-20-19(17)12-13-23(20)24/h5-13,24H,14-15H2,1-4H3. The van der Waals surface area contributed by atoms with Crippen LogP contribution in [0.5, 0.6) is 0 Å². The number of fused-ring (bicyclic) bond motifs is 1. The van der Waals surface area contributed by atoms with Crippen molar-refractivity contribution in [1.82, 2.24) is 9.63 Å². The Morgan fingerprint density at radius 1 is 0.958 bits per heavy atom. The van der Waals surface area contributed by atoms with Crippen molar-refractivity contribution in [3.05, 3.63) is 71.4 Å². The molecular weight excluding hydrogens is 296 g/mol. The summed E-state index contributed by atoms with van der Waals surface area (Å²) in [6, 6.07) is 16.9. The van der Waals surface area contributed by atoms with E-state index in [9.17, 15) is 5.21 Å². The van der Waals surface area contributed by atoms with Crippen LogP contribution in [-0.2, 0) is 18.5 Å². The first-order valence-corrected chi connectivity index (χ1v) is 8.41. The molecule has 0 radical (unpaired) electrons. The zero-order chi connectivity index (χ0) is 17.3. The summed E-state index contributed by atoms with van der Waals surface area (Å²) in [6.45, 7) is 8.47. The quantitative estimate of drug-likeness (QED) is 0.698. The first-order valence-electron chi connectivity index (χ1n) is 8.41. The van der Waals surface area contributed by atoms with Crippen LogP contribution in [0.15, 0.2) is 54.7 Å².